The van der Waals surface area contributed by atoms with Crippen molar-refractivity contribution < 1.29 is 4.79 Å². The van der Waals surface area contributed by atoms with Gasteiger partial charge in [0, 0.05) is 36.9 Å². The number of piperidine rings is 1. The number of benzene rings is 1. The topological polar surface area (TPSA) is 58.4 Å². The van der Waals surface area contributed by atoms with Crippen LogP contribution in [0.3, 0.4) is 0 Å². The van der Waals surface area contributed by atoms with Crippen molar-refractivity contribution in [1.82, 2.24) is 10.2 Å². The predicted octanol–water partition coefficient (Wildman–Crippen LogP) is 2.12. The zero-order valence-corrected chi connectivity index (χ0v) is 12.4. The summed E-state index contributed by atoms with van der Waals surface area (Å²) in [5, 5.41) is 3.12. The van der Waals surface area contributed by atoms with Crippen LogP contribution in [0.1, 0.15) is 37.0 Å². The van der Waals surface area contributed by atoms with Gasteiger partial charge >= 0.3 is 0 Å². The Balaban J connectivity index is 1.80. The van der Waals surface area contributed by atoms with E-state index in [-0.39, 0.29) is 5.91 Å². The van der Waals surface area contributed by atoms with E-state index >= 15 is 0 Å². The first-order valence-electron chi connectivity index (χ1n) is 7.43. The molecule has 1 fully saturated rings. The molecule has 3 N–H and O–H groups in total. The van der Waals surface area contributed by atoms with Crippen LogP contribution >= 0.6 is 0 Å². The minimum atomic E-state index is 0.00677. The third-order valence-electron chi connectivity index (χ3n) is 3.72. The Labute approximate surface area is 121 Å². The maximum atomic E-state index is 12.1. The molecular formula is C16H25N3O. The van der Waals surface area contributed by atoms with E-state index in [2.05, 4.69) is 24.1 Å². The molecule has 0 saturated carbocycles. The average Bonchev–Trinajstić information content (AvgIpc) is 2.41. The summed E-state index contributed by atoms with van der Waals surface area (Å²) in [5.74, 6) is 0.711. The zero-order valence-electron chi connectivity index (χ0n) is 12.4. The molecule has 0 aromatic heterocycles. The molecule has 1 aliphatic rings. The van der Waals surface area contributed by atoms with Crippen LogP contribution in [0, 0.1) is 5.92 Å². The predicted molar refractivity (Wildman–Crippen MR) is 82.6 cm³/mol. The third kappa shape index (κ3) is 4.23. The van der Waals surface area contributed by atoms with Gasteiger partial charge in [-0.3, -0.25) is 4.79 Å². The zero-order chi connectivity index (χ0) is 14.5. The van der Waals surface area contributed by atoms with Gasteiger partial charge in [0.1, 0.15) is 0 Å². The van der Waals surface area contributed by atoms with Gasteiger partial charge in [-0.05, 0) is 43.0 Å². The van der Waals surface area contributed by atoms with Crippen molar-refractivity contribution in [1.29, 1.82) is 0 Å². The average molecular weight is 275 g/mol. The number of hydrogen-bond donors (Lipinski definition) is 2. The largest absolute Gasteiger partial charge is 0.399 e. The van der Waals surface area contributed by atoms with Crippen molar-refractivity contribution in [2.75, 3.05) is 25.4 Å². The van der Waals surface area contributed by atoms with Gasteiger partial charge in [0.25, 0.3) is 5.91 Å². The standard InChI is InChI=1S/C16H25N3O/c1-12(2)11-19-9-7-15(8-10-19)18-16(20)13-3-5-14(17)6-4-13/h3-6,12,15H,7-11,17H2,1-2H3,(H,18,20). The monoisotopic (exact) mass is 275 g/mol. The lowest BCUT2D eigenvalue weighted by Crippen LogP contribution is -2.45. The maximum absolute atomic E-state index is 12.1. The highest BCUT2D eigenvalue weighted by molar-refractivity contribution is 5.94. The lowest BCUT2D eigenvalue weighted by molar-refractivity contribution is 0.0907. The molecule has 110 valence electrons. The first-order valence-corrected chi connectivity index (χ1v) is 7.43. The number of nitrogens with one attached hydrogen (secondary N) is 1. The van der Waals surface area contributed by atoms with Crippen LogP contribution in [0.15, 0.2) is 24.3 Å². The fourth-order valence-electron chi connectivity index (χ4n) is 2.68. The second-order valence-corrected chi connectivity index (χ2v) is 6.06. The molecule has 0 unspecified atom stereocenters. The van der Waals surface area contributed by atoms with Crippen LogP contribution in [0.25, 0.3) is 0 Å². The molecule has 1 aliphatic heterocycles. The second kappa shape index (κ2) is 6.75. The Morgan fingerprint density at radius 3 is 2.45 bits per heavy atom. The van der Waals surface area contributed by atoms with Crippen molar-refractivity contribution in [3.8, 4) is 0 Å². The molecule has 2 rings (SSSR count). The molecule has 4 heteroatoms. The maximum Gasteiger partial charge on any atom is 0.251 e. The summed E-state index contributed by atoms with van der Waals surface area (Å²) in [6.07, 6.45) is 2.07. The van der Waals surface area contributed by atoms with Gasteiger partial charge in [-0.15, -0.1) is 0 Å². The van der Waals surface area contributed by atoms with Gasteiger partial charge in [0.05, 0.1) is 0 Å². The van der Waals surface area contributed by atoms with E-state index in [9.17, 15) is 4.79 Å². The number of carbonyl (C=O) groups excluding carboxylic acids is 1. The molecule has 4 nitrogen and oxygen atoms in total. The van der Waals surface area contributed by atoms with Crippen LogP contribution in [-0.4, -0.2) is 36.5 Å². The first kappa shape index (κ1) is 14.9. The number of hydrogen-bond acceptors (Lipinski definition) is 3. The molecule has 1 saturated heterocycles. The number of nitrogens with zero attached hydrogens (tertiary/aromatic N) is 1. The number of nitrogen functional groups attached to an aromatic ring is 1. The van der Waals surface area contributed by atoms with Gasteiger partial charge in [-0.25, -0.2) is 0 Å². The molecule has 1 heterocycles. The van der Waals surface area contributed by atoms with Crippen LogP contribution in [0.4, 0.5) is 5.69 Å². The summed E-state index contributed by atoms with van der Waals surface area (Å²) in [6, 6.07) is 7.38. The first-order chi connectivity index (χ1) is 9.54. The summed E-state index contributed by atoms with van der Waals surface area (Å²) in [7, 11) is 0. The van der Waals surface area contributed by atoms with E-state index < -0.39 is 0 Å². The van der Waals surface area contributed by atoms with Crippen molar-refractivity contribution in [3.05, 3.63) is 29.8 Å². The molecule has 0 bridgehead atoms. The van der Waals surface area contributed by atoms with Crippen molar-refractivity contribution in [2.45, 2.75) is 32.7 Å². The van der Waals surface area contributed by atoms with Crippen LogP contribution in [-0.2, 0) is 0 Å². The Morgan fingerprint density at radius 2 is 1.90 bits per heavy atom. The van der Waals surface area contributed by atoms with E-state index in [4.69, 9.17) is 5.73 Å². The highest BCUT2D eigenvalue weighted by atomic mass is 16.1. The molecule has 0 radical (unpaired) electrons. The summed E-state index contributed by atoms with van der Waals surface area (Å²) in [5.41, 5.74) is 7.00. The van der Waals surface area contributed by atoms with E-state index in [1.165, 1.54) is 0 Å². The highest BCUT2D eigenvalue weighted by Gasteiger charge is 2.21. The molecule has 0 aliphatic carbocycles. The summed E-state index contributed by atoms with van der Waals surface area (Å²) in [4.78, 5) is 14.6. The van der Waals surface area contributed by atoms with Crippen LogP contribution in [0.2, 0.25) is 0 Å². The number of likely N-dealkylation sites (tertiary alicyclic amines) is 1. The van der Waals surface area contributed by atoms with Crippen molar-refractivity contribution in [2.24, 2.45) is 5.92 Å². The number of rotatable bonds is 4. The lowest BCUT2D eigenvalue weighted by atomic mass is 10.0. The van der Waals surface area contributed by atoms with E-state index in [1.54, 1.807) is 24.3 Å². The number of anilines is 1. The van der Waals surface area contributed by atoms with E-state index in [0.717, 1.165) is 32.5 Å². The summed E-state index contributed by atoms with van der Waals surface area (Å²) in [6.45, 7) is 7.79. The minimum absolute atomic E-state index is 0.00677. The third-order valence-corrected chi connectivity index (χ3v) is 3.72. The second-order valence-electron chi connectivity index (χ2n) is 6.06. The smallest absolute Gasteiger partial charge is 0.251 e. The summed E-state index contributed by atoms with van der Waals surface area (Å²) >= 11 is 0. The van der Waals surface area contributed by atoms with E-state index in [1.807, 2.05) is 0 Å². The fourth-order valence-corrected chi connectivity index (χ4v) is 2.68. The van der Waals surface area contributed by atoms with Crippen molar-refractivity contribution in [3.63, 3.8) is 0 Å². The number of carbonyl (C=O) groups is 1. The molecule has 20 heavy (non-hydrogen) atoms. The molecule has 1 amide bonds. The van der Waals surface area contributed by atoms with Crippen LogP contribution < -0.4 is 11.1 Å². The van der Waals surface area contributed by atoms with Gasteiger partial charge in [0.2, 0.25) is 0 Å². The number of nitrogens with two attached hydrogens (primary N) is 1. The van der Waals surface area contributed by atoms with Crippen molar-refractivity contribution >= 4 is 11.6 Å². The Bertz CT molecular complexity index is 434. The van der Waals surface area contributed by atoms with Gasteiger partial charge in [0.15, 0.2) is 0 Å². The minimum Gasteiger partial charge on any atom is -0.399 e. The van der Waals surface area contributed by atoms with Crippen LogP contribution in [0.5, 0.6) is 0 Å². The van der Waals surface area contributed by atoms with Gasteiger partial charge in [-0.1, -0.05) is 13.8 Å². The number of amides is 1. The molecular weight excluding hydrogens is 250 g/mol. The fraction of sp³-hybridized carbons (Fsp3) is 0.562. The summed E-state index contributed by atoms with van der Waals surface area (Å²) < 4.78 is 0. The van der Waals surface area contributed by atoms with Gasteiger partial charge < -0.3 is 16.0 Å². The Kier molecular flexibility index (Phi) is 5.01. The Morgan fingerprint density at radius 1 is 1.30 bits per heavy atom. The lowest BCUT2D eigenvalue weighted by Gasteiger charge is -2.33. The molecule has 1 aromatic carbocycles. The molecule has 0 atom stereocenters. The highest BCUT2D eigenvalue weighted by Crippen LogP contribution is 2.13. The Hall–Kier alpha value is -1.55. The quantitative estimate of drug-likeness (QED) is 0.828. The van der Waals surface area contributed by atoms with E-state index in [0.29, 0.717) is 23.2 Å². The SMILES string of the molecule is CC(C)CN1CCC(NC(=O)c2ccc(N)cc2)CC1. The van der Waals surface area contributed by atoms with Gasteiger partial charge in [-0.2, -0.15) is 0 Å². The molecule has 0 spiro atoms. The molecule has 1 aromatic rings. The normalized spacial score (nSPS) is 17.4.